The van der Waals surface area contributed by atoms with Gasteiger partial charge >= 0.3 is 13.1 Å². The van der Waals surface area contributed by atoms with E-state index in [0.29, 0.717) is 11.0 Å². The van der Waals surface area contributed by atoms with E-state index in [1.807, 2.05) is 0 Å². The lowest BCUT2D eigenvalue weighted by Gasteiger charge is -2.07. The Morgan fingerprint density at radius 3 is 2.89 bits per heavy atom. The number of hydrogen-bond acceptors (Lipinski definition) is 4. The van der Waals surface area contributed by atoms with Crippen molar-refractivity contribution in [2.75, 3.05) is 6.54 Å². The molecule has 19 heavy (non-hydrogen) atoms. The van der Waals surface area contributed by atoms with Gasteiger partial charge in [-0.2, -0.15) is 0 Å². The van der Waals surface area contributed by atoms with Crippen molar-refractivity contribution in [3.05, 3.63) is 29.1 Å². The number of nitrogens with one attached hydrogen (secondary N) is 1. The van der Waals surface area contributed by atoms with Crippen LogP contribution < -0.4 is 10.8 Å². The Morgan fingerprint density at radius 2 is 2.21 bits per heavy atom. The van der Waals surface area contributed by atoms with Crippen LogP contribution in [-0.2, 0) is 16.1 Å². The van der Waals surface area contributed by atoms with Crippen molar-refractivity contribution < 1.29 is 28.8 Å². The highest BCUT2D eigenvalue weighted by molar-refractivity contribution is 6.61. The maximum Gasteiger partial charge on any atom is 0.491 e. The molecule has 0 unspecified atom stereocenters. The Hall–Kier alpha value is -1.93. The van der Waals surface area contributed by atoms with Gasteiger partial charge in [0, 0.05) is 6.54 Å². The van der Waals surface area contributed by atoms with Crippen molar-refractivity contribution in [2.24, 2.45) is 0 Å². The van der Waals surface area contributed by atoms with E-state index in [2.05, 4.69) is 5.32 Å². The molecule has 2 rings (SSSR count). The number of carbonyl (C=O) groups excluding carboxylic acids is 1. The topological polar surface area (TPSA) is 95.9 Å². The first-order valence-electron chi connectivity index (χ1n) is 5.61. The second-order valence-electron chi connectivity index (χ2n) is 4.09. The van der Waals surface area contributed by atoms with Crippen molar-refractivity contribution in [1.82, 2.24) is 5.32 Å². The molecule has 0 atom stereocenters. The maximum absolute atomic E-state index is 13.7. The predicted molar refractivity (Wildman–Crippen MR) is 63.4 cm³/mol. The second-order valence-corrected chi connectivity index (χ2v) is 4.09. The Bertz CT molecular complexity index is 536. The summed E-state index contributed by atoms with van der Waals surface area (Å²) in [6.07, 6.45) is -0.246. The summed E-state index contributed by atoms with van der Waals surface area (Å²) >= 11 is 0. The number of amides is 1. The Morgan fingerprint density at radius 1 is 1.47 bits per heavy atom. The van der Waals surface area contributed by atoms with Gasteiger partial charge in [-0.15, -0.1) is 0 Å². The van der Waals surface area contributed by atoms with Crippen LogP contribution >= 0.6 is 0 Å². The molecule has 1 aromatic rings. The summed E-state index contributed by atoms with van der Waals surface area (Å²) in [7, 11) is -1.17. The van der Waals surface area contributed by atoms with Crippen molar-refractivity contribution in [3.8, 4) is 0 Å². The number of carboxylic acid groups (broad SMARTS) is 1. The fraction of sp³-hybridized carbons (Fsp3) is 0.273. The molecule has 1 amide bonds. The molecular formula is C11H11BFNO5. The van der Waals surface area contributed by atoms with Gasteiger partial charge in [0.1, 0.15) is 5.82 Å². The molecular weight excluding hydrogens is 256 g/mol. The molecule has 100 valence electrons. The number of carboxylic acids is 1. The summed E-state index contributed by atoms with van der Waals surface area (Å²) in [4.78, 5) is 22.0. The van der Waals surface area contributed by atoms with Gasteiger partial charge in [-0.1, -0.05) is 0 Å². The Kier molecular flexibility index (Phi) is 3.82. The minimum atomic E-state index is -1.17. The highest BCUT2D eigenvalue weighted by Crippen LogP contribution is 2.15. The number of carbonyl (C=O) groups is 2. The van der Waals surface area contributed by atoms with Gasteiger partial charge in [-0.3, -0.25) is 9.59 Å². The third-order valence-corrected chi connectivity index (χ3v) is 2.76. The zero-order valence-electron chi connectivity index (χ0n) is 9.85. The average Bonchev–Trinajstić information content (AvgIpc) is 2.68. The predicted octanol–water partition coefficient (Wildman–Crippen LogP) is -0.752. The van der Waals surface area contributed by atoms with Crippen LogP contribution in [0.3, 0.4) is 0 Å². The first-order valence-corrected chi connectivity index (χ1v) is 5.61. The molecule has 1 aromatic carbocycles. The molecule has 0 aromatic heterocycles. The number of benzene rings is 1. The fourth-order valence-corrected chi connectivity index (χ4v) is 1.80. The number of rotatable bonds is 4. The quantitative estimate of drug-likeness (QED) is 0.624. The van der Waals surface area contributed by atoms with Gasteiger partial charge in [-0.25, -0.2) is 4.39 Å². The van der Waals surface area contributed by atoms with Crippen LogP contribution in [0.15, 0.2) is 12.1 Å². The SMILES string of the molecule is O=C(O)CCNC(=O)c1cc2c(cc1F)COB2O. The average molecular weight is 267 g/mol. The van der Waals surface area contributed by atoms with Crippen LogP contribution in [0, 0.1) is 5.82 Å². The third kappa shape index (κ3) is 2.91. The zero-order valence-corrected chi connectivity index (χ0v) is 9.85. The first-order chi connectivity index (χ1) is 8.99. The summed E-state index contributed by atoms with van der Waals surface area (Å²) < 4.78 is 18.6. The number of fused-ring (bicyclic) bond motifs is 1. The van der Waals surface area contributed by atoms with Gasteiger partial charge in [0.15, 0.2) is 0 Å². The molecule has 0 saturated carbocycles. The van der Waals surface area contributed by atoms with Crippen molar-refractivity contribution in [3.63, 3.8) is 0 Å². The summed E-state index contributed by atoms with van der Waals surface area (Å²) in [5.74, 6) is -2.51. The largest absolute Gasteiger partial charge is 0.491 e. The van der Waals surface area contributed by atoms with E-state index in [0.717, 1.165) is 6.07 Å². The lowest BCUT2D eigenvalue weighted by atomic mass is 9.78. The van der Waals surface area contributed by atoms with Crippen molar-refractivity contribution in [1.29, 1.82) is 0 Å². The Labute approximate surface area is 108 Å². The molecule has 1 aliphatic heterocycles. The summed E-state index contributed by atoms with van der Waals surface area (Å²) in [5, 5.41) is 20.2. The molecule has 1 aliphatic rings. The lowest BCUT2D eigenvalue weighted by molar-refractivity contribution is -0.136. The van der Waals surface area contributed by atoms with E-state index >= 15 is 0 Å². The summed E-state index contributed by atoms with van der Waals surface area (Å²) in [5.41, 5.74) is 0.602. The summed E-state index contributed by atoms with van der Waals surface area (Å²) in [6, 6.07) is 2.36. The van der Waals surface area contributed by atoms with Crippen LogP contribution in [0.1, 0.15) is 22.3 Å². The molecule has 0 radical (unpaired) electrons. The van der Waals surface area contributed by atoms with E-state index in [1.54, 1.807) is 0 Å². The maximum atomic E-state index is 13.7. The van der Waals surface area contributed by atoms with Gasteiger partial charge < -0.3 is 20.1 Å². The smallest absolute Gasteiger partial charge is 0.481 e. The third-order valence-electron chi connectivity index (χ3n) is 2.76. The van der Waals surface area contributed by atoms with Crippen molar-refractivity contribution in [2.45, 2.75) is 13.0 Å². The van der Waals surface area contributed by atoms with Gasteiger partial charge in [0.2, 0.25) is 0 Å². The summed E-state index contributed by atoms with van der Waals surface area (Å²) in [6.45, 7) is -0.00191. The molecule has 1 heterocycles. The Balaban J connectivity index is 2.14. The minimum absolute atomic E-state index is 0.0916. The molecule has 0 spiro atoms. The lowest BCUT2D eigenvalue weighted by Crippen LogP contribution is -2.32. The van der Waals surface area contributed by atoms with E-state index in [-0.39, 0.29) is 25.1 Å². The van der Waals surface area contributed by atoms with Crippen LogP contribution in [0.25, 0.3) is 0 Å². The van der Waals surface area contributed by atoms with Gasteiger partial charge in [-0.05, 0) is 23.2 Å². The minimum Gasteiger partial charge on any atom is -0.481 e. The molecule has 3 N–H and O–H groups in total. The molecule has 0 aliphatic carbocycles. The zero-order chi connectivity index (χ0) is 14.0. The monoisotopic (exact) mass is 267 g/mol. The first kappa shape index (κ1) is 13.5. The fourth-order valence-electron chi connectivity index (χ4n) is 1.80. The molecule has 8 heteroatoms. The number of aliphatic carboxylic acids is 1. The number of hydrogen-bond donors (Lipinski definition) is 3. The van der Waals surface area contributed by atoms with Gasteiger partial charge in [0.05, 0.1) is 18.6 Å². The molecule has 0 bridgehead atoms. The molecule has 0 saturated heterocycles. The van der Waals surface area contributed by atoms with Crippen LogP contribution in [0.2, 0.25) is 0 Å². The van der Waals surface area contributed by atoms with Crippen LogP contribution in [0.5, 0.6) is 0 Å². The van der Waals surface area contributed by atoms with E-state index in [4.69, 9.17) is 9.76 Å². The van der Waals surface area contributed by atoms with Gasteiger partial charge in [0.25, 0.3) is 5.91 Å². The molecule has 0 fully saturated rings. The normalized spacial score (nSPS) is 13.3. The van der Waals surface area contributed by atoms with Crippen LogP contribution in [-0.4, -0.2) is 35.7 Å². The molecule has 6 nitrogen and oxygen atoms in total. The standard InChI is InChI=1S/C11H11BFNO5/c13-9-3-6-5-19-12(18)8(6)4-7(9)11(17)14-2-1-10(15)16/h3-4,18H,1-2,5H2,(H,14,17)(H,15,16). The second kappa shape index (κ2) is 5.37. The highest BCUT2D eigenvalue weighted by atomic mass is 19.1. The van der Waals surface area contributed by atoms with E-state index in [1.165, 1.54) is 6.07 Å². The van der Waals surface area contributed by atoms with E-state index < -0.39 is 24.8 Å². The van der Waals surface area contributed by atoms with Crippen LogP contribution in [0.4, 0.5) is 4.39 Å². The highest BCUT2D eigenvalue weighted by Gasteiger charge is 2.29. The number of halogens is 1. The van der Waals surface area contributed by atoms with Crippen molar-refractivity contribution >= 4 is 24.5 Å². The van der Waals surface area contributed by atoms with E-state index in [9.17, 15) is 19.0 Å².